The van der Waals surface area contributed by atoms with Crippen molar-refractivity contribution >= 4 is 45.1 Å². The van der Waals surface area contributed by atoms with Gasteiger partial charge in [-0.3, -0.25) is 14.4 Å². The minimum absolute atomic E-state index is 0.125. The van der Waals surface area contributed by atoms with Gasteiger partial charge in [-0.05, 0) is 60.5 Å². The van der Waals surface area contributed by atoms with Gasteiger partial charge < -0.3 is 20.7 Å². The zero-order valence-corrected chi connectivity index (χ0v) is 22.0. The van der Waals surface area contributed by atoms with Crippen molar-refractivity contribution in [1.29, 1.82) is 0 Å². The third kappa shape index (κ3) is 13.6. The smallest absolute Gasteiger partial charge is 0.246 e. The van der Waals surface area contributed by atoms with E-state index in [9.17, 15) is 19.2 Å². The molecule has 0 spiro atoms. The fourth-order valence-corrected chi connectivity index (χ4v) is 5.04. The van der Waals surface area contributed by atoms with Crippen molar-refractivity contribution in [3.63, 3.8) is 0 Å². The van der Waals surface area contributed by atoms with Gasteiger partial charge in [0.2, 0.25) is 17.7 Å². The Morgan fingerprint density at radius 3 is 2.12 bits per heavy atom. The Bertz CT molecular complexity index is 707. The van der Waals surface area contributed by atoms with E-state index < -0.39 is 18.0 Å². The van der Waals surface area contributed by atoms with E-state index >= 15 is 0 Å². The van der Waals surface area contributed by atoms with Crippen LogP contribution in [-0.4, -0.2) is 45.6 Å². The Morgan fingerprint density at radius 2 is 1.59 bits per heavy atom. The van der Waals surface area contributed by atoms with E-state index in [0.717, 1.165) is 6.42 Å². The molecule has 32 heavy (non-hydrogen) atoms. The maximum Gasteiger partial charge on any atom is 0.246 e. The SMILES string of the molecule is C=C/C(=C\C)NC(=O)[C@@H](C)NC(=O)[C@H](C)NC(=O)CCC(C)(C)SSC(C)CCC(C)=O. The summed E-state index contributed by atoms with van der Waals surface area (Å²) in [7, 11) is 3.45. The fraction of sp³-hybridized carbons (Fsp3) is 0.652. The summed E-state index contributed by atoms with van der Waals surface area (Å²) in [5, 5.41) is 8.31. The summed E-state index contributed by atoms with van der Waals surface area (Å²) in [5.41, 5.74) is 0.560. The Labute approximate surface area is 200 Å². The van der Waals surface area contributed by atoms with Crippen molar-refractivity contribution in [2.75, 3.05) is 0 Å². The first-order valence-electron chi connectivity index (χ1n) is 10.8. The number of carbonyl (C=O) groups excluding carboxylic acids is 4. The highest BCUT2D eigenvalue weighted by Crippen LogP contribution is 2.42. The Morgan fingerprint density at radius 1 is 1.00 bits per heavy atom. The number of rotatable bonds is 15. The monoisotopic (exact) mass is 485 g/mol. The third-order valence-corrected chi connectivity index (χ3v) is 8.56. The molecule has 3 atom stereocenters. The molecule has 7 nitrogen and oxygen atoms in total. The van der Waals surface area contributed by atoms with E-state index in [1.165, 1.54) is 6.08 Å². The number of ketones is 1. The van der Waals surface area contributed by atoms with Gasteiger partial charge in [0.15, 0.2) is 0 Å². The lowest BCUT2D eigenvalue weighted by molar-refractivity contribution is -0.131. The molecular weight excluding hydrogens is 446 g/mol. The molecule has 0 radical (unpaired) electrons. The number of amides is 3. The zero-order chi connectivity index (χ0) is 24.9. The summed E-state index contributed by atoms with van der Waals surface area (Å²) < 4.78 is -0.125. The molecule has 0 rings (SSSR count). The van der Waals surface area contributed by atoms with E-state index in [1.807, 2.05) is 0 Å². The van der Waals surface area contributed by atoms with Gasteiger partial charge in [-0.15, -0.1) is 0 Å². The second kappa shape index (κ2) is 15.2. The standard InChI is InChI=1S/C23H39N3O4S2/c1-9-19(10-2)26-22(30)18(6)25-21(29)17(5)24-20(28)13-14-23(7,8)32-31-16(4)12-11-15(3)27/h9-10,16-18H,1,11-14H2,2-8H3,(H,24,28)(H,25,29)(H,26,30)/b19-10+/t16?,17-,18+/m0/s1. The molecule has 1 unspecified atom stereocenters. The lowest BCUT2D eigenvalue weighted by Crippen LogP contribution is -2.51. The maximum atomic E-state index is 12.3. The Balaban J connectivity index is 4.42. The number of nitrogens with one attached hydrogen (secondary N) is 3. The van der Waals surface area contributed by atoms with Gasteiger partial charge in [0.05, 0.1) is 0 Å². The van der Waals surface area contributed by atoms with Crippen LogP contribution in [0.3, 0.4) is 0 Å². The second-order valence-corrected chi connectivity index (χ2v) is 11.8. The minimum Gasteiger partial charge on any atom is -0.345 e. The van der Waals surface area contributed by atoms with E-state index in [0.29, 0.717) is 30.2 Å². The molecule has 0 aliphatic heterocycles. The van der Waals surface area contributed by atoms with Crippen LogP contribution < -0.4 is 16.0 Å². The van der Waals surface area contributed by atoms with Gasteiger partial charge in [0.25, 0.3) is 0 Å². The summed E-state index contributed by atoms with van der Waals surface area (Å²) in [6.45, 7) is 16.4. The van der Waals surface area contributed by atoms with Crippen molar-refractivity contribution in [3.05, 3.63) is 24.4 Å². The molecule has 3 amide bonds. The largest absolute Gasteiger partial charge is 0.345 e. The number of hydrogen-bond acceptors (Lipinski definition) is 6. The van der Waals surface area contributed by atoms with E-state index in [1.54, 1.807) is 55.4 Å². The highest BCUT2D eigenvalue weighted by Gasteiger charge is 2.24. The second-order valence-electron chi connectivity index (χ2n) is 8.45. The van der Waals surface area contributed by atoms with Crippen LogP contribution in [0.1, 0.15) is 74.1 Å². The molecule has 0 aliphatic carbocycles. The van der Waals surface area contributed by atoms with E-state index in [-0.39, 0.29) is 22.3 Å². The highest BCUT2D eigenvalue weighted by molar-refractivity contribution is 8.77. The van der Waals surface area contributed by atoms with Crippen molar-refractivity contribution in [1.82, 2.24) is 16.0 Å². The molecule has 0 heterocycles. The van der Waals surface area contributed by atoms with Crippen LogP contribution in [0.5, 0.6) is 0 Å². The number of carbonyl (C=O) groups is 4. The fourth-order valence-electron chi connectivity index (χ4n) is 2.40. The predicted molar refractivity (Wildman–Crippen MR) is 135 cm³/mol. The number of Topliss-reactive ketones (excluding diaryl/α,β-unsaturated/α-hetero) is 1. The highest BCUT2D eigenvalue weighted by atomic mass is 33.1. The molecule has 3 N–H and O–H groups in total. The molecule has 0 saturated carbocycles. The summed E-state index contributed by atoms with van der Waals surface area (Å²) in [6, 6.07) is -1.51. The van der Waals surface area contributed by atoms with Crippen molar-refractivity contribution in [3.8, 4) is 0 Å². The summed E-state index contributed by atoms with van der Waals surface area (Å²) in [4.78, 5) is 47.9. The summed E-state index contributed by atoms with van der Waals surface area (Å²) >= 11 is 0. The molecule has 182 valence electrons. The first-order chi connectivity index (χ1) is 14.8. The molecule has 0 fully saturated rings. The van der Waals surface area contributed by atoms with Gasteiger partial charge in [0.1, 0.15) is 17.9 Å². The van der Waals surface area contributed by atoms with Gasteiger partial charge in [-0.2, -0.15) is 0 Å². The molecule has 0 aromatic carbocycles. The minimum atomic E-state index is -0.755. The van der Waals surface area contributed by atoms with E-state index in [4.69, 9.17) is 0 Å². The van der Waals surface area contributed by atoms with Crippen LogP contribution in [0.2, 0.25) is 0 Å². The number of hydrogen-bond donors (Lipinski definition) is 3. The summed E-state index contributed by atoms with van der Waals surface area (Å²) in [6.07, 6.45) is 5.59. The first kappa shape index (κ1) is 30.3. The Hall–Kier alpha value is -1.74. The van der Waals surface area contributed by atoms with Gasteiger partial charge in [-0.1, -0.05) is 41.2 Å². The lowest BCUT2D eigenvalue weighted by Gasteiger charge is -2.25. The van der Waals surface area contributed by atoms with Crippen LogP contribution in [0.15, 0.2) is 24.4 Å². The van der Waals surface area contributed by atoms with Crippen molar-refractivity contribution in [2.45, 2.75) is 96.2 Å². The lowest BCUT2D eigenvalue weighted by atomic mass is 10.1. The molecular formula is C23H39N3O4S2. The van der Waals surface area contributed by atoms with Crippen LogP contribution >= 0.6 is 21.6 Å². The zero-order valence-electron chi connectivity index (χ0n) is 20.4. The first-order valence-corrected chi connectivity index (χ1v) is 13.1. The normalized spacial score (nSPS) is 14.7. The average Bonchev–Trinajstić information content (AvgIpc) is 2.72. The average molecular weight is 486 g/mol. The van der Waals surface area contributed by atoms with Crippen molar-refractivity contribution in [2.24, 2.45) is 0 Å². The number of allylic oxidation sites excluding steroid dienone is 2. The van der Waals surface area contributed by atoms with Crippen LogP contribution in [0.25, 0.3) is 0 Å². The topological polar surface area (TPSA) is 104 Å². The summed E-state index contributed by atoms with van der Waals surface area (Å²) in [5.74, 6) is -0.800. The Kier molecular flexibility index (Phi) is 14.3. The predicted octanol–water partition coefficient (Wildman–Crippen LogP) is 3.90. The van der Waals surface area contributed by atoms with Gasteiger partial charge >= 0.3 is 0 Å². The maximum absolute atomic E-state index is 12.3. The molecule has 0 aliphatic rings. The van der Waals surface area contributed by atoms with E-state index in [2.05, 4.69) is 43.3 Å². The molecule has 0 aromatic rings. The quantitative estimate of drug-likeness (QED) is 0.240. The van der Waals surface area contributed by atoms with Crippen LogP contribution in [-0.2, 0) is 19.2 Å². The molecule has 0 bridgehead atoms. The molecule has 0 saturated heterocycles. The van der Waals surface area contributed by atoms with Crippen molar-refractivity contribution < 1.29 is 19.2 Å². The van der Waals surface area contributed by atoms with Crippen LogP contribution in [0.4, 0.5) is 0 Å². The van der Waals surface area contributed by atoms with Gasteiger partial charge in [-0.25, -0.2) is 0 Å². The molecule has 9 heteroatoms. The third-order valence-electron chi connectivity index (χ3n) is 4.62. The van der Waals surface area contributed by atoms with Gasteiger partial charge in [0, 0.05) is 28.5 Å². The van der Waals surface area contributed by atoms with Crippen LogP contribution in [0, 0.1) is 0 Å². The molecule has 0 aromatic heterocycles.